The van der Waals surface area contributed by atoms with E-state index in [1.54, 1.807) is 30.3 Å². The Bertz CT molecular complexity index is 1320. The number of anilines is 2. The van der Waals surface area contributed by atoms with E-state index in [-0.39, 0.29) is 17.3 Å². The van der Waals surface area contributed by atoms with Gasteiger partial charge < -0.3 is 10.2 Å². The van der Waals surface area contributed by atoms with Gasteiger partial charge >= 0.3 is 0 Å². The number of aromatic nitrogens is 2. The summed E-state index contributed by atoms with van der Waals surface area (Å²) in [5.41, 5.74) is 2.32. The Hall–Kier alpha value is -4.32. The molecule has 0 unspecified atom stereocenters. The Morgan fingerprint density at radius 1 is 1.08 bits per heavy atom. The molecule has 1 heterocycles. The Labute approximate surface area is 211 Å². The minimum Gasteiger partial charge on any atom is -0.372 e. The molecule has 3 rings (SSSR count). The van der Waals surface area contributed by atoms with Gasteiger partial charge in [-0.1, -0.05) is 39.0 Å². The summed E-state index contributed by atoms with van der Waals surface area (Å²) in [4.78, 5) is 27.3. The zero-order chi connectivity index (χ0) is 26.5. The molecule has 0 aliphatic rings. The molecule has 0 spiro atoms. The van der Waals surface area contributed by atoms with Crippen LogP contribution >= 0.6 is 0 Å². The number of nitrogens with zero attached hydrogens (tertiary/aromatic N) is 6. The number of nitrogens with one attached hydrogen (secondary N) is 1. The smallest absolute Gasteiger partial charge is 0.280 e. The lowest BCUT2D eigenvalue weighted by Gasteiger charge is -2.22. The third kappa shape index (κ3) is 5.66. The number of azo groups is 1. The minimum absolute atomic E-state index is 0.0397. The van der Waals surface area contributed by atoms with Crippen molar-refractivity contribution in [3.8, 4) is 6.07 Å². The minimum atomic E-state index is -0.510. The summed E-state index contributed by atoms with van der Waals surface area (Å²) in [7, 11) is 0. The highest BCUT2D eigenvalue weighted by Crippen LogP contribution is 2.35. The SMILES string of the molecule is CCN(CC)c1ccc(/N=N/c2c(C#N)c(C(C)(C)C)nn2C(=O)c2ccccc2)c(NC(C)=O)c1. The molecule has 0 bridgehead atoms. The van der Waals surface area contributed by atoms with E-state index >= 15 is 0 Å². The maximum absolute atomic E-state index is 13.3. The van der Waals surface area contributed by atoms with Crippen LogP contribution in [-0.2, 0) is 10.2 Å². The van der Waals surface area contributed by atoms with Crippen LogP contribution in [0.25, 0.3) is 0 Å². The summed E-state index contributed by atoms with van der Waals surface area (Å²) in [5.74, 6) is -0.631. The molecule has 0 aliphatic carbocycles. The summed E-state index contributed by atoms with van der Waals surface area (Å²) in [6, 6.07) is 16.3. The lowest BCUT2D eigenvalue weighted by Crippen LogP contribution is -2.21. The quantitative estimate of drug-likeness (QED) is 0.415. The highest BCUT2D eigenvalue weighted by Gasteiger charge is 2.30. The van der Waals surface area contributed by atoms with Crippen molar-refractivity contribution < 1.29 is 9.59 Å². The summed E-state index contributed by atoms with van der Waals surface area (Å²) in [6.07, 6.45) is 0. The Morgan fingerprint density at radius 2 is 1.75 bits per heavy atom. The van der Waals surface area contributed by atoms with Gasteiger partial charge in [-0.3, -0.25) is 9.59 Å². The van der Waals surface area contributed by atoms with E-state index in [1.807, 2.05) is 39.0 Å². The van der Waals surface area contributed by atoms with Gasteiger partial charge in [-0.25, -0.2) is 0 Å². The second kappa shape index (κ2) is 11.0. The second-order valence-electron chi connectivity index (χ2n) is 9.25. The molecule has 0 radical (unpaired) electrons. The number of hydrogen-bond acceptors (Lipinski definition) is 7. The number of rotatable bonds is 7. The first kappa shape index (κ1) is 26.3. The molecule has 186 valence electrons. The lowest BCUT2D eigenvalue weighted by molar-refractivity contribution is -0.114. The predicted molar refractivity (Wildman–Crippen MR) is 140 cm³/mol. The monoisotopic (exact) mass is 485 g/mol. The number of hydrogen-bond donors (Lipinski definition) is 1. The molecule has 0 saturated carbocycles. The van der Waals surface area contributed by atoms with Crippen LogP contribution in [-0.4, -0.2) is 34.7 Å². The highest BCUT2D eigenvalue weighted by atomic mass is 16.2. The van der Waals surface area contributed by atoms with Crippen molar-refractivity contribution in [2.45, 2.75) is 47.0 Å². The van der Waals surface area contributed by atoms with Gasteiger partial charge in [0.05, 0.1) is 11.4 Å². The summed E-state index contributed by atoms with van der Waals surface area (Å²) < 4.78 is 1.13. The van der Waals surface area contributed by atoms with Gasteiger partial charge in [0.25, 0.3) is 5.91 Å². The number of amides is 1. The summed E-state index contributed by atoms with van der Waals surface area (Å²) >= 11 is 0. The van der Waals surface area contributed by atoms with Crippen molar-refractivity contribution in [1.29, 1.82) is 5.26 Å². The van der Waals surface area contributed by atoms with Crippen LogP contribution in [0.5, 0.6) is 0 Å². The fourth-order valence-electron chi connectivity index (χ4n) is 3.76. The molecular weight excluding hydrogens is 454 g/mol. The Kier molecular flexibility index (Phi) is 8.00. The molecule has 3 aromatic rings. The Morgan fingerprint density at radius 3 is 2.31 bits per heavy atom. The van der Waals surface area contributed by atoms with Crippen LogP contribution in [0, 0.1) is 11.3 Å². The van der Waals surface area contributed by atoms with E-state index in [0.29, 0.717) is 22.6 Å². The van der Waals surface area contributed by atoms with Gasteiger partial charge in [-0.15, -0.1) is 10.2 Å². The van der Waals surface area contributed by atoms with Crippen molar-refractivity contribution in [3.63, 3.8) is 0 Å². The number of benzene rings is 2. The van der Waals surface area contributed by atoms with Crippen molar-refractivity contribution in [2.24, 2.45) is 10.2 Å². The van der Waals surface area contributed by atoms with E-state index in [9.17, 15) is 14.9 Å². The predicted octanol–water partition coefficient (Wildman–Crippen LogP) is 5.96. The third-order valence-electron chi connectivity index (χ3n) is 5.57. The molecule has 1 N–H and O–H groups in total. The average Bonchev–Trinajstić information content (AvgIpc) is 3.23. The van der Waals surface area contributed by atoms with E-state index in [2.05, 4.69) is 45.5 Å². The molecule has 1 amide bonds. The van der Waals surface area contributed by atoms with Crippen molar-refractivity contribution in [2.75, 3.05) is 23.3 Å². The molecule has 0 fully saturated rings. The maximum atomic E-state index is 13.3. The molecule has 0 atom stereocenters. The molecule has 2 aromatic carbocycles. The van der Waals surface area contributed by atoms with E-state index in [4.69, 9.17) is 0 Å². The molecule has 0 saturated heterocycles. The highest BCUT2D eigenvalue weighted by molar-refractivity contribution is 5.97. The van der Waals surface area contributed by atoms with Crippen molar-refractivity contribution >= 4 is 34.7 Å². The summed E-state index contributed by atoms with van der Waals surface area (Å²) in [6.45, 7) is 12.9. The van der Waals surface area contributed by atoms with Crippen molar-refractivity contribution in [3.05, 3.63) is 65.4 Å². The van der Waals surface area contributed by atoms with Crippen LogP contribution in [0.2, 0.25) is 0 Å². The molecule has 9 nitrogen and oxygen atoms in total. The average molecular weight is 486 g/mol. The zero-order valence-electron chi connectivity index (χ0n) is 21.5. The first-order valence-electron chi connectivity index (χ1n) is 11.8. The van der Waals surface area contributed by atoms with Crippen molar-refractivity contribution in [1.82, 2.24) is 9.78 Å². The van der Waals surface area contributed by atoms with Gasteiger partial charge in [0, 0.05) is 36.7 Å². The standard InChI is InChI=1S/C27H31N7O2/c1-7-33(8-2)20-14-15-22(23(16-20)29-18(3)35)30-31-25-21(17-28)24(27(4,5)6)32-34(25)26(36)19-12-10-9-11-13-19/h9-16H,7-8H2,1-6H3,(H,29,35)/b31-30+. The molecular formula is C27H31N7O2. The molecule has 9 heteroatoms. The second-order valence-corrected chi connectivity index (χ2v) is 9.25. The van der Waals surface area contributed by atoms with E-state index in [0.717, 1.165) is 23.5 Å². The van der Waals surface area contributed by atoms with Gasteiger partial charge in [0.1, 0.15) is 17.3 Å². The van der Waals surface area contributed by atoms with E-state index in [1.165, 1.54) is 6.92 Å². The van der Waals surface area contributed by atoms with Gasteiger partial charge in [0.2, 0.25) is 5.91 Å². The number of carbonyl (C=O) groups excluding carboxylic acids is 2. The summed E-state index contributed by atoms with van der Waals surface area (Å²) in [5, 5.41) is 25.9. The topological polar surface area (TPSA) is 116 Å². The van der Waals surface area contributed by atoms with Crippen LogP contribution in [0.3, 0.4) is 0 Å². The van der Waals surface area contributed by atoms with Crippen LogP contribution in [0.1, 0.15) is 63.2 Å². The fourth-order valence-corrected chi connectivity index (χ4v) is 3.76. The largest absolute Gasteiger partial charge is 0.372 e. The normalized spacial score (nSPS) is 11.4. The zero-order valence-corrected chi connectivity index (χ0v) is 21.5. The van der Waals surface area contributed by atoms with Crippen LogP contribution in [0.15, 0.2) is 58.8 Å². The van der Waals surface area contributed by atoms with Crippen LogP contribution in [0.4, 0.5) is 22.9 Å². The number of nitriles is 1. The maximum Gasteiger partial charge on any atom is 0.280 e. The first-order chi connectivity index (χ1) is 17.1. The number of carbonyl (C=O) groups is 2. The van der Waals surface area contributed by atoms with E-state index < -0.39 is 11.3 Å². The Balaban J connectivity index is 2.16. The molecule has 1 aromatic heterocycles. The third-order valence-corrected chi connectivity index (χ3v) is 5.57. The first-order valence-corrected chi connectivity index (χ1v) is 11.8. The van der Waals surface area contributed by atoms with Gasteiger partial charge in [-0.2, -0.15) is 15.0 Å². The van der Waals surface area contributed by atoms with Gasteiger partial charge in [-0.05, 0) is 44.2 Å². The molecule has 0 aliphatic heterocycles. The molecule has 36 heavy (non-hydrogen) atoms. The van der Waals surface area contributed by atoms with Gasteiger partial charge in [0.15, 0.2) is 5.82 Å². The fraction of sp³-hybridized carbons (Fsp3) is 0.333. The lowest BCUT2D eigenvalue weighted by atomic mass is 9.90. The van der Waals surface area contributed by atoms with Crippen LogP contribution < -0.4 is 10.2 Å².